The summed E-state index contributed by atoms with van der Waals surface area (Å²) in [5.74, 6) is 0. The Hall–Kier alpha value is -1.71. The van der Waals surface area contributed by atoms with Gasteiger partial charge in [0.05, 0.1) is 22.8 Å². The third-order valence-corrected chi connectivity index (χ3v) is 2.10. The van der Waals surface area contributed by atoms with Gasteiger partial charge in [-0.25, -0.2) is 0 Å². The van der Waals surface area contributed by atoms with Crippen LogP contribution in [-0.4, -0.2) is 0 Å². The summed E-state index contributed by atoms with van der Waals surface area (Å²) in [7, 11) is 0. The van der Waals surface area contributed by atoms with E-state index in [4.69, 9.17) is 5.26 Å². The maximum atomic E-state index is 12.6. The second-order valence-electron chi connectivity index (χ2n) is 3.29. The van der Waals surface area contributed by atoms with E-state index < -0.39 is 34.6 Å². The Morgan fingerprint density at radius 2 is 1.41 bits per heavy atom. The van der Waals surface area contributed by atoms with Gasteiger partial charge in [-0.1, -0.05) is 6.07 Å². The number of alkyl halides is 6. The van der Waals surface area contributed by atoms with E-state index in [2.05, 4.69) is 0 Å². The van der Waals surface area contributed by atoms with Crippen LogP contribution in [0.3, 0.4) is 0 Å². The molecule has 1 aromatic rings. The van der Waals surface area contributed by atoms with E-state index in [1.165, 1.54) is 0 Å². The Balaban J connectivity index is 3.75. The molecule has 7 heteroatoms. The molecule has 0 aliphatic carbocycles. The number of nitriles is 1. The number of aryl methyl sites for hydroxylation is 1. The summed E-state index contributed by atoms with van der Waals surface area (Å²) in [6.07, 6.45) is -10.4. The molecule has 1 aromatic carbocycles. The van der Waals surface area contributed by atoms with E-state index >= 15 is 0 Å². The summed E-state index contributed by atoms with van der Waals surface area (Å²) in [6, 6.07) is 2.70. The lowest BCUT2D eigenvalue weighted by atomic mass is 9.96. The molecule has 1 nitrogen and oxygen atoms in total. The molecule has 0 N–H and O–H groups in total. The molecule has 0 unspecified atom stereocenters. The molecule has 0 spiro atoms. The third-order valence-electron chi connectivity index (χ3n) is 2.10. The van der Waals surface area contributed by atoms with Crippen molar-refractivity contribution < 1.29 is 26.3 Å². The van der Waals surface area contributed by atoms with Crippen LogP contribution in [0.1, 0.15) is 22.3 Å². The molecule has 0 aliphatic rings. The molecule has 92 valence electrons. The first kappa shape index (κ1) is 13.4. The molecule has 0 radical (unpaired) electrons. The van der Waals surface area contributed by atoms with Crippen molar-refractivity contribution >= 4 is 0 Å². The number of hydrogen-bond donors (Lipinski definition) is 0. The van der Waals surface area contributed by atoms with Crippen LogP contribution < -0.4 is 0 Å². The Morgan fingerprint density at radius 3 is 1.76 bits per heavy atom. The molecule has 0 heterocycles. The Bertz CT molecular complexity index is 477. The van der Waals surface area contributed by atoms with Crippen molar-refractivity contribution in [2.24, 2.45) is 0 Å². The maximum absolute atomic E-state index is 12.6. The van der Waals surface area contributed by atoms with Gasteiger partial charge in [0.25, 0.3) is 0 Å². The fraction of sp³-hybridized carbons (Fsp3) is 0.300. The summed E-state index contributed by atoms with van der Waals surface area (Å²) in [5, 5.41) is 8.45. The first-order valence-corrected chi connectivity index (χ1v) is 4.27. The van der Waals surface area contributed by atoms with Crippen molar-refractivity contribution in [2.45, 2.75) is 19.3 Å². The average molecular weight is 253 g/mol. The van der Waals surface area contributed by atoms with Crippen molar-refractivity contribution in [1.82, 2.24) is 0 Å². The molecule has 17 heavy (non-hydrogen) atoms. The zero-order valence-electron chi connectivity index (χ0n) is 8.37. The minimum atomic E-state index is -5.22. The zero-order chi connectivity index (χ0) is 13.4. The quantitative estimate of drug-likeness (QED) is 0.643. The maximum Gasteiger partial charge on any atom is 0.418 e. The number of benzene rings is 1. The predicted octanol–water partition coefficient (Wildman–Crippen LogP) is 3.90. The highest BCUT2D eigenvalue weighted by molar-refractivity contribution is 5.49. The number of hydrogen-bond acceptors (Lipinski definition) is 1. The van der Waals surface area contributed by atoms with Gasteiger partial charge in [-0.2, -0.15) is 31.6 Å². The van der Waals surface area contributed by atoms with Crippen LogP contribution in [0.15, 0.2) is 12.1 Å². The molecule has 0 aromatic heterocycles. The molecule has 0 atom stereocenters. The van der Waals surface area contributed by atoms with Gasteiger partial charge >= 0.3 is 12.4 Å². The fourth-order valence-corrected chi connectivity index (χ4v) is 1.46. The smallest absolute Gasteiger partial charge is 0.192 e. The first-order valence-electron chi connectivity index (χ1n) is 4.27. The van der Waals surface area contributed by atoms with E-state index in [-0.39, 0.29) is 0 Å². The third kappa shape index (κ3) is 2.52. The average Bonchev–Trinajstić information content (AvgIpc) is 2.13. The van der Waals surface area contributed by atoms with Gasteiger partial charge in [0, 0.05) is 0 Å². The predicted molar refractivity (Wildman–Crippen MR) is 45.9 cm³/mol. The van der Waals surface area contributed by atoms with Gasteiger partial charge in [-0.05, 0) is 18.6 Å². The Labute approximate surface area is 92.3 Å². The molecule has 0 saturated carbocycles. The number of halogens is 6. The van der Waals surface area contributed by atoms with Crippen LogP contribution >= 0.6 is 0 Å². The van der Waals surface area contributed by atoms with Gasteiger partial charge in [0.15, 0.2) is 0 Å². The number of rotatable bonds is 0. The second kappa shape index (κ2) is 3.95. The number of nitrogens with zero attached hydrogens (tertiary/aromatic N) is 1. The summed E-state index contributed by atoms with van der Waals surface area (Å²) in [6.45, 7) is 0.916. The lowest BCUT2D eigenvalue weighted by Gasteiger charge is -2.18. The monoisotopic (exact) mass is 253 g/mol. The standard InChI is InChI=1S/C10H5F6N/c1-5-2-3-6(4-17)8(10(14,15)16)7(5)9(11,12)13/h2-3H,1H3. The largest absolute Gasteiger partial charge is 0.418 e. The minimum absolute atomic E-state index is 0.566. The van der Waals surface area contributed by atoms with Crippen molar-refractivity contribution in [3.8, 4) is 6.07 Å². The fourth-order valence-electron chi connectivity index (χ4n) is 1.46. The lowest BCUT2D eigenvalue weighted by Crippen LogP contribution is -2.19. The van der Waals surface area contributed by atoms with E-state index in [0.717, 1.165) is 25.1 Å². The van der Waals surface area contributed by atoms with Gasteiger partial charge < -0.3 is 0 Å². The molecule has 0 fully saturated rings. The lowest BCUT2D eigenvalue weighted by molar-refractivity contribution is -0.162. The normalized spacial score (nSPS) is 12.4. The second-order valence-corrected chi connectivity index (χ2v) is 3.29. The molecule has 0 aliphatic heterocycles. The first-order chi connectivity index (χ1) is 7.59. The molecule has 0 amide bonds. The minimum Gasteiger partial charge on any atom is -0.192 e. The van der Waals surface area contributed by atoms with Crippen molar-refractivity contribution in [2.75, 3.05) is 0 Å². The Kier molecular flexibility index (Phi) is 3.10. The summed E-state index contributed by atoms with van der Waals surface area (Å²) in [4.78, 5) is 0. The molecular weight excluding hydrogens is 248 g/mol. The van der Waals surface area contributed by atoms with Gasteiger partial charge in [0.2, 0.25) is 0 Å². The van der Waals surface area contributed by atoms with Crippen molar-refractivity contribution in [3.05, 3.63) is 34.4 Å². The zero-order valence-corrected chi connectivity index (χ0v) is 8.37. The molecule has 0 saturated heterocycles. The van der Waals surface area contributed by atoms with Crippen LogP contribution in [-0.2, 0) is 12.4 Å². The topological polar surface area (TPSA) is 23.8 Å². The van der Waals surface area contributed by atoms with Crippen LogP contribution in [0.2, 0.25) is 0 Å². The van der Waals surface area contributed by atoms with E-state index in [0.29, 0.717) is 0 Å². The Morgan fingerprint density at radius 1 is 0.941 bits per heavy atom. The molecule has 0 bridgehead atoms. The SMILES string of the molecule is Cc1ccc(C#N)c(C(F)(F)F)c1C(F)(F)F. The summed E-state index contributed by atoms with van der Waals surface area (Å²) in [5.41, 5.74) is -5.32. The van der Waals surface area contributed by atoms with E-state index in [9.17, 15) is 26.3 Å². The van der Waals surface area contributed by atoms with Crippen LogP contribution in [0, 0.1) is 18.3 Å². The summed E-state index contributed by atoms with van der Waals surface area (Å²) < 4.78 is 75.3. The van der Waals surface area contributed by atoms with Gasteiger partial charge in [0.1, 0.15) is 0 Å². The molecule has 1 rings (SSSR count). The van der Waals surface area contributed by atoms with Gasteiger partial charge in [-0.15, -0.1) is 0 Å². The van der Waals surface area contributed by atoms with E-state index in [1.807, 2.05) is 0 Å². The van der Waals surface area contributed by atoms with Crippen LogP contribution in [0.5, 0.6) is 0 Å². The van der Waals surface area contributed by atoms with Crippen LogP contribution in [0.4, 0.5) is 26.3 Å². The van der Waals surface area contributed by atoms with Crippen molar-refractivity contribution in [1.29, 1.82) is 5.26 Å². The molecular formula is C10H5F6N. The highest BCUT2D eigenvalue weighted by Crippen LogP contribution is 2.43. The van der Waals surface area contributed by atoms with Crippen LogP contribution in [0.25, 0.3) is 0 Å². The van der Waals surface area contributed by atoms with Crippen molar-refractivity contribution in [3.63, 3.8) is 0 Å². The highest BCUT2D eigenvalue weighted by Gasteiger charge is 2.46. The van der Waals surface area contributed by atoms with E-state index in [1.54, 1.807) is 0 Å². The highest BCUT2D eigenvalue weighted by atomic mass is 19.4. The summed E-state index contributed by atoms with van der Waals surface area (Å²) >= 11 is 0. The van der Waals surface area contributed by atoms with Gasteiger partial charge in [-0.3, -0.25) is 0 Å².